The van der Waals surface area contributed by atoms with Gasteiger partial charge in [-0.25, -0.2) is 0 Å². The molecule has 18 heavy (non-hydrogen) atoms. The van der Waals surface area contributed by atoms with E-state index in [0.717, 1.165) is 24.2 Å². The number of aryl methyl sites for hydroxylation is 1. The van der Waals surface area contributed by atoms with Crippen LogP contribution in [0.2, 0.25) is 0 Å². The molecule has 2 saturated carbocycles. The molecule has 1 heterocycles. The molecule has 1 N–H and O–H groups in total. The van der Waals surface area contributed by atoms with Crippen molar-refractivity contribution in [1.29, 1.82) is 0 Å². The minimum atomic E-state index is 0.562. The van der Waals surface area contributed by atoms with Crippen LogP contribution in [0.4, 0.5) is 0 Å². The maximum atomic E-state index is 5.57. The molecule has 3 aliphatic rings. The predicted molar refractivity (Wildman–Crippen MR) is 71.3 cm³/mol. The third-order valence-corrected chi connectivity index (χ3v) is 5.56. The molecule has 98 valence electrons. The van der Waals surface area contributed by atoms with Crippen LogP contribution in [0.3, 0.4) is 0 Å². The van der Waals surface area contributed by atoms with Gasteiger partial charge in [0.15, 0.2) is 0 Å². The van der Waals surface area contributed by atoms with Crippen molar-refractivity contribution in [3.05, 3.63) is 23.7 Å². The summed E-state index contributed by atoms with van der Waals surface area (Å²) in [7, 11) is 0. The second-order valence-corrected chi connectivity index (χ2v) is 6.59. The van der Waals surface area contributed by atoms with Crippen LogP contribution in [0, 0.1) is 17.8 Å². The lowest BCUT2D eigenvalue weighted by atomic mass is 9.87. The maximum Gasteiger partial charge on any atom is 0.108 e. The highest BCUT2D eigenvalue weighted by molar-refractivity contribution is 5.24. The smallest absolute Gasteiger partial charge is 0.108 e. The second kappa shape index (κ2) is 4.41. The molecule has 0 saturated heterocycles. The first-order valence-electron chi connectivity index (χ1n) is 7.70. The van der Waals surface area contributed by atoms with Gasteiger partial charge in [-0.1, -0.05) is 6.42 Å². The molecular formula is C16H23NO. The Kier molecular flexibility index (Phi) is 2.72. The highest BCUT2D eigenvalue weighted by Crippen LogP contribution is 2.48. The van der Waals surface area contributed by atoms with E-state index in [2.05, 4.69) is 11.4 Å². The molecule has 2 bridgehead atoms. The van der Waals surface area contributed by atoms with Gasteiger partial charge >= 0.3 is 0 Å². The van der Waals surface area contributed by atoms with Crippen molar-refractivity contribution in [2.45, 2.75) is 51.0 Å². The maximum absolute atomic E-state index is 5.57. The van der Waals surface area contributed by atoms with Crippen LogP contribution in [0.1, 0.15) is 55.9 Å². The zero-order valence-electron chi connectivity index (χ0n) is 11.0. The third-order valence-electron chi connectivity index (χ3n) is 5.56. The van der Waals surface area contributed by atoms with Gasteiger partial charge in [-0.3, -0.25) is 0 Å². The van der Waals surface area contributed by atoms with Crippen molar-refractivity contribution in [1.82, 2.24) is 5.32 Å². The standard InChI is InChI=1S/C16H23NO/c1-2-15(14-6-7-18-16(14)3-1)17-10-13-9-11-4-5-12(13)8-11/h6-7,11-13,15,17H,1-5,8-10H2. The van der Waals surface area contributed by atoms with Gasteiger partial charge in [0.25, 0.3) is 0 Å². The van der Waals surface area contributed by atoms with Gasteiger partial charge in [0.2, 0.25) is 0 Å². The van der Waals surface area contributed by atoms with Gasteiger partial charge < -0.3 is 9.73 Å². The fourth-order valence-electron chi connectivity index (χ4n) is 4.62. The molecule has 2 fully saturated rings. The van der Waals surface area contributed by atoms with Crippen LogP contribution in [0.5, 0.6) is 0 Å². The fourth-order valence-corrected chi connectivity index (χ4v) is 4.62. The van der Waals surface area contributed by atoms with E-state index in [4.69, 9.17) is 4.42 Å². The average molecular weight is 245 g/mol. The Morgan fingerprint density at radius 3 is 3.06 bits per heavy atom. The molecule has 2 nitrogen and oxygen atoms in total. The summed E-state index contributed by atoms with van der Waals surface area (Å²) < 4.78 is 5.57. The van der Waals surface area contributed by atoms with E-state index in [-0.39, 0.29) is 0 Å². The Bertz CT molecular complexity index is 424. The van der Waals surface area contributed by atoms with Crippen molar-refractivity contribution in [3.8, 4) is 0 Å². The van der Waals surface area contributed by atoms with E-state index in [0.29, 0.717) is 6.04 Å². The molecule has 0 aromatic carbocycles. The van der Waals surface area contributed by atoms with E-state index in [9.17, 15) is 0 Å². The normalized spacial score (nSPS) is 38.0. The zero-order valence-corrected chi connectivity index (χ0v) is 11.0. The van der Waals surface area contributed by atoms with E-state index < -0.39 is 0 Å². The molecule has 0 spiro atoms. The quantitative estimate of drug-likeness (QED) is 0.878. The lowest BCUT2D eigenvalue weighted by molar-refractivity contribution is 0.296. The van der Waals surface area contributed by atoms with Crippen LogP contribution in [0.15, 0.2) is 16.7 Å². The van der Waals surface area contributed by atoms with E-state index >= 15 is 0 Å². The average Bonchev–Trinajstić information content (AvgIpc) is 3.11. The second-order valence-electron chi connectivity index (χ2n) is 6.59. The van der Waals surface area contributed by atoms with Gasteiger partial charge in [-0.15, -0.1) is 0 Å². The highest BCUT2D eigenvalue weighted by atomic mass is 16.3. The predicted octanol–water partition coefficient (Wildman–Crippen LogP) is 3.68. The summed E-state index contributed by atoms with van der Waals surface area (Å²) in [6, 6.07) is 2.74. The summed E-state index contributed by atoms with van der Waals surface area (Å²) in [5, 5.41) is 3.83. The lowest BCUT2D eigenvalue weighted by Gasteiger charge is -2.27. The van der Waals surface area contributed by atoms with Crippen molar-refractivity contribution < 1.29 is 4.42 Å². The molecular weight excluding hydrogens is 222 g/mol. The monoisotopic (exact) mass is 245 g/mol. The minimum absolute atomic E-state index is 0.562. The third kappa shape index (κ3) is 1.82. The molecule has 3 aliphatic carbocycles. The molecule has 1 aromatic rings. The first kappa shape index (κ1) is 11.1. The summed E-state index contributed by atoms with van der Waals surface area (Å²) >= 11 is 0. The van der Waals surface area contributed by atoms with E-state index in [1.807, 2.05) is 6.26 Å². The molecule has 4 atom stereocenters. The van der Waals surface area contributed by atoms with Crippen LogP contribution in [-0.4, -0.2) is 6.54 Å². The van der Waals surface area contributed by atoms with Crippen LogP contribution >= 0.6 is 0 Å². The highest BCUT2D eigenvalue weighted by Gasteiger charge is 2.39. The lowest BCUT2D eigenvalue weighted by Crippen LogP contribution is -2.31. The molecule has 1 aromatic heterocycles. The van der Waals surface area contributed by atoms with Gasteiger partial charge in [-0.05, 0) is 62.5 Å². The van der Waals surface area contributed by atoms with Crippen molar-refractivity contribution >= 4 is 0 Å². The topological polar surface area (TPSA) is 25.2 Å². The number of fused-ring (bicyclic) bond motifs is 3. The minimum Gasteiger partial charge on any atom is -0.469 e. The Morgan fingerprint density at radius 1 is 1.22 bits per heavy atom. The van der Waals surface area contributed by atoms with Gasteiger partial charge in [0.1, 0.15) is 5.76 Å². The molecule has 4 unspecified atom stereocenters. The number of hydrogen-bond donors (Lipinski definition) is 1. The molecule has 0 radical (unpaired) electrons. The Balaban J connectivity index is 1.39. The van der Waals surface area contributed by atoms with Crippen LogP contribution in [0.25, 0.3) is 0 Å². The van der Waals surface area contributed by atoms with Crippen molar-refractivity contribution in [2.75, 3.05) is 6.54 Å². The fraction of sp³-hybridized carbons (Fsp3) is 0.750. The zero-order chi connectivity index (χ0) is 11.9. The summed E-state index contributed by atoms with van der Waals surface area (Å²) in [4.78, 5) is 0. The Labute approximate surface area is 109 Å². The first-order valence-corrected chi connectivity index (χ1v) is 7.70. The van der Waals surface area contributed by atoms with Gasteiger partial charge in [0, 0.05) is 18.0 Å². The van der Waals surface area contributed by atoms with Crippen LogP contribution in [-0.2, 0) is 6.42 Å². The largest absolute Gasteiger partial charge is 0.469 e. The van der Waals surface area contributed by atoms with E-state index in [1.54, 1.807) is 0 Å². The number of hydrogen-bond acceptors (Lipinski definition) is 2. The number of nitrogens with one attached hydrogen (secondary N) is 1. The summed E-state index contributed by atoms with van der Waals surface area (Å²) in [5.74, 6) is 4.29. The molecule has 0 aliphatic heterocycles. The summed E-state index contributed by atoms with van der Waals surface area (Å²) in [6.07, 6.45) is 11.6. The van der Waals surface area contributed by atoms with Gasteiger partial charge in [0.05, 0.1) is 6.26 Å². The first-order chi connectivity index (χ1) is 8.90. The summed E-state index contributed by atoms with van der Waals surface area (Å²) in [5.41, 5.74) is 1.43. The number of rotatable bonds is 3. The molecule has 4 rings (SSSR count). The van der Waals surface area contributed by atoms with Crippen molar-refractivity contribution in [3.63, 3.8) is 0 Å². The van der Waals surface area contributed by atoms with E-state index in [1.165, 1.54) is 56.4 Å². The van der Waals surface area contributed by atoms with Crippen LogP contribution < -0.4 is 5.32 Å². The molecule has 0 amide bonds. The Hall–Kier alpha value is -0.760. The summed E-state index contributed by atoms with van der Waals surface area (Å²) in [6.45, 7) is 1.23. The van der Waals surface area contributed by atoms with Gasteiger partial charge in [-0.2, -0.15) is 0 Å². The Morgan fingerprint density at radius 2 is 2.22 bits per heavy atom. The SMILES string of the molecule is c1cc2c(o1)CCCC2NCC1CC2CCC1C2. The number of furan rings is 1. The van der Waals surface area contributed by atoms with Crippen molar-refractivity contribution in [2.24, 2.45) is 17.8 Å². The molecule has 2 heteroatoms.